The summed E-state index contributed by atoms with van der Waals surface area (Å²) >= 11 is 4.81. The third kappa shape index (κ3) is 17.1. The third-order valence-electron chi connectivity index (χ3n) is 15.8. The first-order valence-corrected chi connectivity index (χ1v) is 32.3. The van der Waals surface area contributed by atoms with Gasteiger partial charge in [0.05, 0.1) is 24.6 Å². The average Bonchev–Trinajstić information content (AvgIpc) is 0.914. The van der Waals surface area contributed by atoms with E-state index in [9.17, 15) is 32.7 Å². The van der Waals surface area contributed by atoms with Gasteiger partial charge in [0.25, 0.3) is 0 Å². The lowest BCUT2D eigenvalue weighted by Gasteiger charge is -2.48. The predicted molar refractivity (Wildman–Crippen MR) is 341 cm³/mol. The molecule has 0 bridgehead atoms. The second kappa shape index (κ2) is 30.6. The van der Waals surface area contributed by atoms with Gasteiger partial charge < -0.3 is 45.1 Å². The molecule has 466 valence electrons. The molecule has 1 fully saturated rings. The van der Waals surface area contributed by atoms with Gasteiger partial charge in [-0.05, 0) is 134 Å². The lowest BCUT2D eigenvalue weighted by atomic mass is 9.74. The smallest absolute Gasteiger partial charge is 0.410 e. The van der Waals surface area contributed by atoms with Gasteiger partial charge in [-0.3, -0.25) is 19.2 Å². The number of thiol groups is 1. The number of nitrogens with zero attached hydrogens (tertiary/aromatic N) is 2. The molecule has 6 aromatic carbocycles. The maximum Gasteiger partial charge on any atom is 0.410 e. The largest absolute Gasteiger partial charge is 0.491 e. The van der Waals surface area contributed by atoms with Gasteiger partial charge in [0.15, 0.2) is 0 Å². The van der Waals surface area contributed by atoms with E-state index >= 15 is 9.59 Å². The number of hydrogen-bond donors (Lipinski definition) is 6. The number of unbranched alkanes of at least 4 members (excludes halogenated alkanes) is 2. The van der Waals surface area contributed by atoms with Crippen LogP contribution < -0.4 is 25.4 Å². The number of likely N-dealkylation sites (tertiary alicyclic amines) is 1. The standard InChI is InChI=1S/C68H80N6O12S2/c1-5-6-39-88(82,83)72-58(64(78)79)41-48-32-33-60(84-38-19-18-21-47-34-36-73(37-35-47)66(81)86-67(2,3)4)57(40-48)71-63(77)59(46-87)74(68(51-24-10-7-11-25-51,52-26-12-8-13-27-52)53-28-14-9-15-29-53)62(76)44-69-61(75)43-70-65(80)85-45-50-23-20-31-55-54-30-17-16-22-49(54)42-56(50)55/h7-17,20,22-33,40,47,58-59,72,87H,5-6,18-19,21,34-39,41-46H2,1-4H3,(H,69,75)(H,70,80)(H,71,77)(H,78,79). The van der Waals surface area contributed by atoms with Crippen LogP contribution in [0.25, 0.3) is 11.1 Å². The van der Waals surface area contributed by atoms with Crippen molar-refractivity contribution in [1.82, 2.24) is 25.2 Å². The van der Waals surface area contributed by atoms with Crippen LogP contribution >= 0.6 is 12.6 Å². The summed E-state index contributed by atoms with van der Waals surface area (Å²) < 4.78 is 46.0. The first-order chi connectivity index (χ1) is 42.3. The first-order valence-electron chi connectivity index (χ1n) is 30.0. The maximum absolute atomic E-state index is 15.7. The molecule has 5 amide bonds. The Morgan fingerprint density at radius 1 is 0.750 bits per heavy atom. The summed E-state index contributed by atoms with van der Waals surface area (Å²) in [6.07, 6.45) is 4.16. The highest BCUT2D eigenvalue weighted by atomic mass is 32.2. The van der Waals surface area contributed by atoms with Crippen molar-refractivity contribution in [3.8, 4) is 16.9 Å². The van der Waals surface area contributed by atoms with Crippen molar-refractivity contribution < 1.29 is 56.5 Å². The molecule has 20 heteroatoms. The minimum Gasteiger partial charge on any atom is -0.491 e. The zero-order chi connectivity index (χ0) is 62.8. The van der Waals surface area contributed by atoms with Crippen molar-refractivity contribution in [3.05, 3.63) is 191 Å². The Labute approximate surface area is 521 Å². The summed E-state index contributed by atoms with van der Waals surface area (Å²) in [4.78, 5) is 86.7. The Kier molecular flexibility index (Phi) is 22.9. The number of aliphatic carboxylic acids is 1. The van der Waals surface area contributed by atoms with Gasteiger partial charge in [0.2, 0.25) is 27.7 Å². The summed E-state index contributed by atoms with van der Waals surface area (Å²) in [5, 5.41) is 18.5. The molecule has 18 nitrogen and oxygen atoms in total. The number of carbonyl (C=O) groups is 6. The normalized spacial score (nSPS) is 13.9. The summed E-state index contributed by atoms with van der Waals surface area (Å²) in [7, 11) is -3.98. The maximum atomic E-state index is 15.7. The van der Waals surface area contributed by atoms with Gasteiger partial charge in [0, 0.05) is 18.8 Å². The number of benzene rings is 6. The number of piperidine rings is 1. The molecule has 0 aromatic heterocycles. The molecule has 0 radical (unpaired) electrons. The van der Waals surface area contributed by atoms with Crippen LogP contribution in [-0.2, 0) is 63.7 Å². The van der Waals surface area contributed by atoms with Crippen LogP contribution in [0.5, 0.6) is 5.75 Å². The lowest BCUT2D eigenvalue weighted by molar-refractivity contribution is -0.142. The van der Waals surface area contributed by atoms with E-state index in [2.05, 4.69) is 32.8 Å². The molecule has 6 aromatic rings. The van der Waals surface area contributed by atoms with Crippen LogP contribution in [0.15, 0.2) is 152 Å². The van der Waals surface area contributed by atoms with Crippen molar-refractivity contribution in [2.45, 2.75) is 115 Å². The average molecular weight is 1240 g/mol. The molecule has 2 aliphatic rings. The second-order valence-corrected chi connectivity index (χ2v) is 25.5. The molecule has 1 aliphatic heterocycles. The van der Waals surface area contributed by atoms with E-state index in [1.54, 1.807) is 17.0 Å². The number of anilines is 1. The molecule has 2 atom stereocenters. The van der Waals surface area contributed by atoms with Crippen molar-refractivity contribution in [2.24, 2.45) is 5.92 Å². The number of hydrogen-bond acceptors (Lipinski definition) is 12. The lowest BCUT2D eigenvalue weighted by Crippen LogP contribution is -2.61. The molecule has 88 heavy (non-hydrogen) atoms. The minimum atomic E-state index is -3.98. The predicted octanol–water partition coefficient (Wildman–Crippen LogP) is 10.3. The summed E-state index contributed by atoms with van der Waals surface area (Å²) in [6.45, 7) is 7.58. The molecule has 1 heterocycles. The van der Waals surface area contributed by atoms with Crippen LogP contribution in [0.2, 0.25) is 0 Å². The number of fused-ring (bicyclic) bond motifs is 3. The fourth-order valence-electron chi connectivity index (χ4n) is 11.5. The Morgan fingerprint density at radius 2 is 1.38 bits per heavy atom. The quantitative estimate of drug-likeness (QED) is 0.0153. The number of sulfonamides is 1. The van der Waals surface area contributed by atoms with Gasteiger partial charge in [-0.1, -0.05) is 159 Å². The van der Waals surface area contributed by atoms with Crippen LogP contribution in [-0.4, -0.2) is 121 Å². The minimum absolute atomic E-state index is 0.0341. The molecule has 1 aliphatic carbocycles. The fourth-order valence-corrected chi connectivity index (χ4v) is 13.2. The zero-order valence-electron chi connectivity index (χ0n) is 50.4. The molecule has 8 rings (SSSR count). The van der Waals surface area contributed by atoms with E-state index in [0.29, 0.717) is 66.9 Å². The van der Waals surface area contributed by atoms with Gasteiger partial charge >= 0.3 is 18.2 Å². The Balaban J connectivity index is 1.05. The second-order valence-electron chi connectivity index (χ2n) is 23.2. The summed E-state index contributed by atoms with van der Waals surface area (Å²) in [5.41, 5.74) is 5.35. The molecular formula is C68H80N6O12S2. The number of amides is 5. The number of nitrogens with one attached hydrogen (secondary N) is 4. The van der Waals surface area contributed by atoms with E-state index in [1.165, 1.54) is 16.5 Å². The van der Waals surface area contributed by atoms with Gasteiger partial charge in [-0.25, -0.2) is 22.7 Å². The van der Waals surface area contributed by atoms with E-state index in [-0.39, 0.29) is 48.7 Å². The van der Waals surface area contributed by atoms with Crippen molar-refractivity contribution >= 4 is 64.2 Å². The molecule has 2 unspecified atom stereocenters. The van der Waals surface area contributed by atoms with E-state index in [0.717, 1.165) is 47.9 Å². The van der Waals surface area contributed by atoms with Crippen molar-refractivity contribution in [1.29, 1.82) is 0 Å². The molecule has 5 N–H and O–H groups in total. The molecule has 0 saturated carbocycles. The number of rotatable bonds is 28. The van der Waals surface area contributed by atoms with E-state index in [4.69, 9.17) is 26.8 Å². The molecule has 0 spiro atoms. The number of alkyl carbamates (subject to hydrolysis) is 1. The number of ether oxygens (including phenoxy) is 3. The SMILES string of the molecule is CCCCS(=O)(=O)NC(Cc1ccc(OCCCCC2CCN(C(=O)OC(C)(C)C)CC2)c(NC(=O)C(CS)N(C(=O)CNC(=O)CNC(=O)OCc2cccc3c2Cc2ccccc2-3)C(c2ccccc2)(c2ccccc2)c2ccccc2)c1)C(=O)O. The Bertz CT molecular complexity index is 3390. The van der Waals surface area contributed by atoms with Crippen LogP contribution in [0, 0.1) is 5.92 Å². The van der Waals surface area contributed by atoms with Crippen LogP contribution in [0.1, 0.15) is 112 Å². The van der Waals surface area contributed by atoms with Gasteiger partial charge in [-0.15, -0.1) is 0 Å². The van der Waals surface area contributed by atoms with Gasteiger partial charge in [-0.2, -0.15) is 12.6 Å². The van der Waals surface area contributed by atoms with Crippen LogP contribution in [0.4, 0.5) is 15.3 Å². The monoisotopic (exact) mass is 1240 g/mol. The summed E-state index contributed by atoms with van der Waals surface area (Å²) in [6, 6.07) is 43.2. The van der Waals surface area contributed by atoms with E-state index in [1.807, 2.05) is 149 Å². The number of carboxylic acids is 1. The highest BCUT2D eigenvalue weighted by Crippen LogP contribution is 2.45. The molecular weight excluding hydrogens is 1160 g/mol. The van der Waals surface area contributed by atoms with Crippen molar-refractivity contribution in [2.75, 3.05) is 49.6 Å². The highest BCUT2D eigenvalue weighted by molar-refractivity contribution is 7.89. The number of carboxylic acid groups (broad SMARTS) is 1. The topological polar surface area (TPSA) is 239 Å². The number of carbonyl (C=O) groups excluding carboxylic acids is 5. The Morgan fingerprint density at radius 3 is 1.99 bits per heavy atom. The third-order valence-corrected chi connectivity index (χ3v) is 17.6. The van der Waals surface area contributed by atoms with E-state index < -0.39 is 76.1 Å². The van der Waals surface area contributed by atoms with Gasteiger partial charge in [0.1, 0.15) is 42.1 Å². The van der Waals surface area contributed by atoms with Crippen LogP contribution in [0.3, 0.4) is 0 Å². The Hall–Kier alpha value is -8.20. The molecule has 1 saturated heterocycles. The first kappa shape index (κ1) is 65.8. The highest BCUT2D eigenvalue weighted by Gasteiger charge is 2.49. The fraction of sp³-hybridized carbons (Fsp3) is 0.382. The summed E-state index contributed by atoms with van der Waals surface area (Å²) in [5.74, 6) is -3.45. The zero-order valence-corrected chi connectivity index (χ0v) is 52.1. The van der Waals surface area contributed by atoms with Crippen molar-refractivity contribution in [3.63, 3.8) is 0 Å².